The molecule has 0 aliphatic rings. The Bertz CT molecular complexity index is 1070. The summed E-state index contributed by atoms with van der Waals surface area (Å²) in [5.74, 6) is -1.40. The van der Waals surface area contributed by atoms with E-state index in [0.29, 0.717) is 15.6 Å². The van der Waals surface area contributed by atoms with Gasteiger partial charge in [-0.15, -0.1) is 11.3 Å². The molecule has 0 unspecified atom stereocenters. The molecule has 0 aliphatic carbocycles. The van der Waals surface area contributed by atoms with Crippen LogP contribution in [0.5, 0.6) is 0 Å². The van der Waals surface area contributed by atoms with Gasteiger partial charge < -0.3 is 0 Å². The van der Waals surface area contributed by atoms with Crippen molar-refractivity contribution in [3.8, 4) is 10.6 Å². The van der Waals surface area contributed by atoms with Crippen molar-refractivity contribution in [3.05, 3.63) is 79.8 Å². The van der Waals surface area contributed by atoms with Gasteiger partial charge in [0, 0.05) is 16.7 Å². The lowest BCUT2D eigenvalue weighted by Gasteiger charge is -2.07. The average Bonchev–Trinajstić information content (AvgIpc) is 3.08. The first-order chi connectivity index (χ1) is 13.4. The highest BCUT2D eigenvalue weighted by Crippen LogP contribution is 2.27. The van der Waals surface area contributed by atoms with Gasteiger partial charge in [0.2, 0.25) is 0 Å². The third kappa shape index (κ3) is 4.16. The molecule has 0 fully saturated rings. The van der Waals surface area contributed by atoms with E-state index in [2.05, 4.69) is 15.8 Å². The van der Waals surface area contributed by atoms with Crippen molar-refractivity contribution in [1.82, 2.24) is 15.8 Å². The van der Waals surface area contributed by atoms with Gasteiger partial charge >= 0.3 is 0 Å². The van der Waals surface area contributed by atoms with Crippen LogP contribution >= 0.6 is 22.9 Å². The number of amides is 2. The maximum absolute atomic E-state index is 12.4. The Kier molecular flexibility index (Phi) is 5.67. The van der Waals surface area contributed by atoms with E-state index in [1.165, 1.54) is 23.5 Å². The Morgan fingerprint density at radius 1 is 1.11 bits per heavy atom. The molecule has 1 heterocycles. The summed E-state index contributed by atoms with van der Waals surface area (Å²) in [7, 11) is 0. The molecule has 0 atom stereocenters. The van der Waals surface area contributed by atoms with Gasteiger partial charge in [-0.2, -0.15) is 0 Å². The van der Waals surface area contributed by atoms with Crippen LogP contribution in [0, 0.1) is 17.0 Å². The molecule has 3 rings (SSSR count). The molecule has 2 N–H and O–H groups in total. The Morgan fingerprint density at radius 3 is 2.46 bits per heavy atom. The van der Waals surface area contributed by atoms with Gasteiger partial charge in [0.15, 0.2) is 0 Å². The number of nitrogens with zero attached hydrogens (tertiary/aromatic N) is 2. The molecule has 0 saturated heterocycles. The number of rotatable bonds is 4. The fourth-order valence-corrected chi connectivity index (χ4v) is 3.53. The summed E-state index contributed by atoms with van der Waals surface area (Å²) in [5.41, 5.74) is 5.14. The highest BCUT2D eigenvalue weighted by Gasteiger charge is 2.22. The smallest absolute Gasteiger partial charge is 0.267 e. The lowest BCUT2D eigenvalue weighted by Crippen LogP contribution is -2.41. The number of nitrogens with one attached hydrogen (secondary N) is 2. The number of hydrogen-bond acceptors (Lipinski definition) is 6. The van der Waals surface area contributed by atoms with Gasteiger partial charge in [-0.1, -0.05) is 41.9 Å². The third-order valence-electron chi connectivity index (χ3n) is 3.71. The maximum atomic E-state index is 12.4. The summed E-state index contributed by atoms with van der Waals surface area (Å²) in [6.45, 7) is 1.68. The fourth-order valence-electron chi connectivity index (χ4n) is 2.40. The van der Waals surface area contributed by atoms with E-state index in [-0.39, 0.29) is 10.6 Å². The predicted molar refractivity (Wildman–Crippen MR) is 105 cm³/mol. The topological polar surface area (TPSA) is 114 Å². The lowest BCUT2D eigenvalue weighted by molar-refractivity contribution is -0.385. The van der Waals surface area contributed by atoms with Crippen LogP contribution in [-0.4, -0.2) is 21.7 Å². The second kappa shape index (κ2) is 8.15. The number of carbonyl (C=O) groups excluding carboxylic acids is 2. The number of halogens is 1. The molecule has 142 valence electrons. The average molecular weight is 417 g/mol. The predicted octanol–water partition coefficient (Wildman–Crippen LogP) is 3.75. The number of hydrazine groups is 1. The van der Waals surface area contributed by atoms with Gasteiger partial charge in [0.05, 0.1) is 10.6 Å². The number of benzene rings is 2. The van der Waals surface area contributed by atoms with Gasteiger partial charge in [-0.05, 0) is 19.1 Å². The number of aryl methyl sites for hydroxylation is 1. The maximum Gasteiger partial charge on any atom is 0.283 e. The highest BCUT2D eigenvalue weighted by molar-refractivity contribution is 7.17. The van der Waals surface area contributed by atoms with E-state index in [4.69, 9.17) is 11.6 Å². The molecule has 28 heavy (non-hydrogen) atoms. The second-order valence-electron chi connectivity index (χ2n) is 5.63. The minimum Gasteiger partial charge on any atom is -0.267 e. The van der Waals surface area contributed by atoms with Crippen LogP contribution in [0.2, 0.25) is 5.02 Å². The normalized spacial score (nSPS) is 10.4. The van der Waals surface area contributed by atoms with Crippen LogP contribution in [-0.2, 0) is 0 Å². The molecule has 3 aromatic rings. The van der Waals surface area contributed by atoms with Crippen LogP contribution in [0.25, 0.3) is 10.6 Å². The highest BCUT2D eigenvalue weighted by atomic mass is 35.5. The number of nitro groups is 1. The molecular formula is C18H13ClN4O4S. The van der Waals surface area contributed by atoms with Crippen molar-refractivity contribution < 1.29 is 14.5 Å². The lowest BCUT2D eigenvalue weighted by atomic mass is 10.2. The zero-order valence-corrected chi connectivity index (χ0v) is 16.0. The first-order valence-corrected chi connectivity index (χ1v) is 9.13. The first kappa shape index (κ1) is 19.5. The fraction of sp³-hybridized carbons (Fsp3) is 0.0556. The van der Waals surface area contributed by atoms with Gasteiger partial charge in [-0.25, -0.2) is 4.98 Å². The zero-order valence-electron chi connectivity index (χ0n) is 14.4. The summed E-state index contributed by atoms with van der Waals surface area (Å²) in [5, 5.41) is 11.9. The Hall–Kier alpha value is -3.30. The van der Waals surface area contributed by atoms with Crippen LogP contribution in [0.1, 0.15) is 25.7 Å². The SMILES string of the molecule is Cc1nc(-c2ccccc2)sc1C(=O)NNC(=O)c1ccc(Cl)cc1[N+](=O)[O-]. The molecule has 10 heteroatoms. The van der Waals surface area contributed by atoms with E-state index in [0.717, 1.165) is 11.6 Å². The third-order valence-corrected chi connectivity index (χ3v) is 5.15. The number of aromatic nitrogens is 1. The number of thiazole rings is 1. The minimum absolute atomic E-state index is 0.126. The van der Waals surface area contributed by atoms with E-state index >= 15 is 0 Å². The molecule has 2 amide bonds. The van der Waals surface area contributed by atoms with Crippen LogP contribution in [0.3, 0.4) is 0 Å². The molecule has 2 aromatic carbocycles. The van der Waals surface area contributed by atoms with Crippen molar-refractivity contribution in [3.63, 3.8) is 0 Å². The van der Waals surface area contributed by atoms with Gasteiger partial charge in [0.1, 0.15) is 15.4 Å². The molecule has 0 spiro atoms. The Labute approximate surface area is 168 Å². The number of nitro benzene ring substituents is 1. The quantitative estimate of drug-likeness (QED) is 0.496. The second-order valence-corrected chi connectivity index (χ2v) is 7.06. The minimum atomic E-state index is -0.831. The Morgan fingerprint density at radius 2 is 1.79 bits per heavy atom. The summed E-state index contributed by atoms with van der Waals surface area (Å²) >= 11 is 6.91. The summed E-state index contributed by atoms with van der Waals surface area (Å²) < 4.78 is 0. The summed E-state index contributed by atoms with van der Waals surface area (Å²) in [6, 6.07) is 13.0. The van der Waals surface area contributed by atoms with Crippen LogP contribution < -0.4 is 10.9 Å². The van der Waals surface area contributed by atoms with Gasteiger partial charge in [-0.3, -0.25) is 30.6 Å². The molecule has 0 saturated carbocycles. The van der Waals surface area contributed by atoms with E-state index < -0.39 is 22.4 Å². The summed E-state index contributed by atoms with van der Waals surface area (Å²) in [6.07, 6.45) is 0. The molecule has 0 radical (unpaired) electrons. The first-order valence-electron chi connectivity index (χ1n) is 7.94. The standard InChI is InChI=1S/C18H13ClN4O4S/c1-10-15(28-18(20-10)11-5-3-2-4-6-11)17(25)22-21-16(24)13-8-7-12(19)9-14(13)23(26)27/h2-9H,1H3,(H,21,24)(H,22,25). The van der Waals surface area contributed by atoms with Crippen molar-refractivity contribution in [2.45, 2.75) is 6.92 Å². The number of hydrogen-bond donors (Lipinski definition) is 2. The molecule has 0 bridgehead atoms. The molecular weight excluding hydrogens is 404 g/mol. The zero-order chi connectivity index (χ0) is 20.3. The van der Waals surface area contributed by atoms with E-state index in [9.17, 15) is 19.7 Å². The van der Waals surface area contributed by atoms with E-state index in [1.807, 2.05) is 30.3 Å². The van der Waals surface area contributed by atoms with Gasteiger partial charge in [0.25, 0.3) is 17.5 Å². The number of carbonyl (C=O) groups is 2. The van der Waals surface area contributed by atoms with Crippen molar-refractivity contribution in [2.75, 3.05) is 0 Å². The van der Waals surface area contributed by atoms with Crippen molar-refractivity contribution >= 4 is 40.4 Å². The van der Waals surface area contributed by atoms with Crippen molar-refractivity contribution in [2.24, 2.45) is 0 Å². The van der Waals surface area contributed by atoms with E-state index in [1.54, 1.807) is 6.92 Å². The molecule has 8 nitrogen and oxygen atoms in total. The summed E-state index contributed by atoms with van der Waals surface area (Å²) in [4.78, 5) is 39.7. The van der Waals surface area contributed by atoms with Crippen molar-refractivity contribution in [1.29, 1.82) is 0 Å². The molecule has 0 aliphatic heterocycles. The molecule has 1 aromatic heterocycles. The van der Waals surface area contributed by atoms with Crippen LogP contribution in [0.15, 0.2) is 48.5 Å². The largest absolute Gasteiger partial charge is 0.283 e. The Balaban J connectivity index is 1.74. The monoisotopic (exact) mass is 416 g/mol. The van der Waals surface area contributed by atoms with Crippen LogP contribution in [0.4, 0.5) is 5.69 Å².